The topological polar surface area (TPSA) is 68.0 Å². The van der Waals surface area contributed by atoms with Gasteiger partial charge in [0.1, 0.15) is 0 Å². The highest BCUT2D eigenvalue weighted by Gasteiger charge is 2.42. The zero-order valence-electron chi connectivity index (χ0n) is 19.0. The molecule has 1 amide bonds. The van der Waals surface area contributed by atoms with E-state index in [4.69, 9.17) is 4.52 Å². The van der Waals surface area contributed by atoms with Crippen molar-refractivity contribution in [3.63, 3.8) is 0 Å². The van der Waals surface area contributed by atoms with Crippen LogP contribution in [0.3, 0.4) is 0 Å². The Hall–Kier alpha value is -3.73. The third-order valence-electron chi connectivity index (χ3n) is 7.28. The molecule has 1 heterocycles. The van der Waals surface area contributed by atoms with Crippen molar-refractivity contribution in [2.24, 2.45) is 5.92 Å². The zero-order chi connectivity index (χ0) is 22.9. The summed E-state index contributed by atoms with van der Waals surface area (Å²) >= 11 is 0. The fourth-order valence-electron chi connectivity index (χ4n) is 5.75. The number of hydrogen-bond acceptors (Lipinski definition) is 4. The quantitative estimate of drug-likeness (QED) is 0.406. The summed E-state index contributed by atoms with van der Waals surface area (Å²) in [5.41, 5.74) is 6.72. The minimum atomic E-state index is 0.0887. The fraction of sp³-hybridized carbons (Fsp3) is 0.276. The van der Waals surface area contributed by atoms with Gasteiger partial charge in [0.2, 0.25) is 17.6 Å². The lowest BCUT2D eigenvalue weighted by molar-refractivity contribution is -0.121. The van der Waals surface area contributed by atoms with Gasteiger partial charge in [0.05, 0.1) is 0 Å². The Bertz CT molecular complexity index is 1270. The Balaban J connectivity index is 1.05. The molecule has 0 saturated heterocycles. The van der Waals surface area contributed by atoms with Crippen molar-refractivity contribution in [3.8, 4) is 11.4 Å². The maximum atomic E-state index is 12.6. The summed E-state index contributed by atoms with van der Waals surface area (Å²) in [7, 11) is 0. The van der Waals surface area contributed by atoms with Crippen LogP contribution in [-0.2, 0) is 11.2 Å². The lowest BCUT2D eigenvalue weighted by atomic mass is 9.59. The highest BCUT2D eigenvalue weighted by molar-refractivity contribution is 5.76. The standard InChI is InChI=1S/C29H27N3O2/c33-26(15-8-16-27-31-29(32-34-27)19-9-2-1-3-10-19)30-18-20-17-25-21-11-4-6-13-23(21)28(20)24-14-7-5-12-22(24)25/h1-7,9-14,20,25,28H,8,15-18H2,(H,30,33). The van der Waals surface area contributed by atoms with Crippen molar-refractivity contribution in [2.45, 2.75) is 37.5 Å². The van der Waals surface area contributed by atoms with Gasteiger partial charge in [-0.05, 0) is 41.0 Å². The van der Waals surface area contributed by atoms with Crippen LogP contribution in [-0.4, -0.2) is 22.6 Å². The summed E-state index contributed by atoms with van der Waals surface area (Å²) in [6.07, 6.45) is 2.83. The fourth-order valence-corrected chi connectivity index (χ4v) is 5.75. The smallest absolute Gasteiger partial charge is 0.226 e. The van der Waals surface area contributed by atoms with Gasteiger partial charge in [-0.15, -0.1) is 0 Å². The molecule has 0 saturated carbocycles. The van der Waals surface area contributed by atoms with Gasteiger partial charge in [-0.1, -0.05) is 84.0 Å². The predicted molar refractivity (Wildman–Crippen MR) is 130 cm³/mol. The van der Waals surface area contributed by atoms with E-state index in [-0.39, 0.29) is 5.91 Å². The molecule has 170 valence electrons. The summed E-state index contributed by atoms with van der Waals surface area (Å²) < 4.78 is 5.36. The van der Waals surface area contributed by atoms with E-state index in [0.29, 0.717) is 55.3 Å². The van der Waals surface area contributed by atoms with E-state index in [1.165, 1.54) is 22.3 Å². The highest BCUT2D eigenvalue weighted by atomic mass is 16.5. The normalized spacial score (nSPS) is 19.9. The number of carbonyl (C=O) groups is 1. The predicted octanol–water partition coefficient (Wildman–Crippen LogP) is 5.47. The molecule has 3 aliphatic carbocycles. The minimum absolute atomic E-state index is 0.0887. The van der Waals surface area contributed by atoms with E-state index in [9.17, 15) is 4.79 Å². The van der Waals surface area contributed by atoms with Crippen molar-refractivity contribution >= 4 is 5.91 Å². The first-order valence-electron chi connectivity index (χ1n) is 12.1. The molecule has 4 aromatic rings. The van der Waals surface area contributed by atoms with Crippen LogP contribution < -0.4 is 5.32 Å². The Morgan fingerprint density at radius 1 is 0.882 bits per heavy atom. The number of aromatic nitrogens is 2. The van der Waals surface area contributed by atoms with E-state index in [1.54, 1.807) is 0 Å². The van der Waals surface area contributed by atoms with Crippen molar-refractivity contribution in [3.05, 3.63) is 107 Å². The Morgan fingerprint density at radius 3 is 2.24 bits per heavy atom. The van der Waals surface area contributed by atoms with Gasteiger partial charge in [-0.2, -0.15) is 4.98 Å². The molecule has 1 N–H and O–H groups in total. The first-order chi connectivity index (χ1) is 16.8. The van der Waals surface area contributed by atoms with Crippen LogP contribution >= 0.6 is 0 Å². The lowest BCUT2D eigenvalue weighted by Crippen LogP contribution is -2.39. The second kappa shape index (κ2) is 8.90. The van der Waals surface area contributed by atoms with E-state index in [0.717, 1.165) is 12.0 Å². The molecule has 0 aliphatic heterocycles. The van der Waals surface area contributed by atoms with E-state index in [2.05, 4.69) is 64.0 Å². The van der Waals surface area contributed by atoms with Crippen molar-refractivity contribution in [1.82, 2.24) is 15.5 Å². The summed E-state index contributed by atoms with van der Waals surface area (Å²) in [5, 5.41) is 7.26. The van der Waals surface area contributed by atoms with Crippen LogP contribution in [0.4, 0.5) is 0 Å². The SMILES string of the molecule is O=C(CCCc1nc(-c2ccccc2)no1)NCC1CC2c3ccccc3C1c1ccccc12. The molecule has 1 unspecified atom stereocenters. The maximum absolute atomic E-state index is 12.6. The van der Waals surface area contributed by atoms with Gasteiger partial charge in [-0.25, -0.2) is 0 Å². The van der Waals surface area contributed by atoms with Crippen molar-refractivity contribution < 1.29 is 9.32 Å². The summed E-state index contributed by atoms with van der Waals surface area (Å²) in [4.78, 5) is 17.1. The molecule has 0 radical (unpaired) electrons. The summed E-state index contributed by atoms with van der Waals surface area (Å²) in [6.45, 7) is 0.710. The van der Waals surface area contributed by atoms with Crippen LogP contribution in [0.5, 0.6) is 0 Å². The maximum Gasteiger partial charge on any atom is 0.226 e. The van der Waals surface area contributed by atoms with Crippen molar-refractivity contribution in [1.29, 1.82) is 0 Å². The molecule has 5 heteroatoms. The average molecular weight is 450 g/mol. The van der Waals surface area contributed by atoms with Crippen LogP contribution in [0.2, 0.25) is 0 Å². The van der Waals surface area contributed by atoms with Crippen LogP contribution in [0.25, 0.3) is 11.4 Å². The van der Waals surface area contributed by atoms with Gasteiger partial charge in [0, 0.05) is 36.8 Å². The molecule has 1 atom stereocenters. The van der Waals surface area contributed by atoms with Gasteiger partial charge in [0.25, 0.3) is 0 Å². The molecule has 5 nitrogen and oxygen atoms in total. The molecule has 34 heavy (non-hydrogen) atoms. The number of nitrogens with zero attached hydrogens (tertiary/aromatic N) is 2. The lowest BCUT2D eigenvalue weighted by Gasteiger charge is -2.45. The Kier molecular flexibility index (Phi) is 5.46. The van der Waals surface area contributed by atoms with Gasteiger partial charge >= 0.3 is 0 Å². The molecule has 0 spiro atoms. The van der Waals surface area contributed by atoms with Crippen LogP contribution in [0.15, 0.2) is 83.4 Å². The first-order valence-corrected chi connectivity index (χ1v) is 12.1. The Labute approximate surface area is 199 Å². The number of fused-ring (bicyclic) bond motifs is 1. The van der Waals surface area contributed by atoms with Gasteiger partial charge < -0.3 is 9.84 Å². The molecule has 7 rings (SSSR count). The van der Waals surface area contributed by atoms with Crippen LogP contribution in [0, 0.1) is 5.92 Å². The number of amides is 1. The van der Waals surface area contributed by atoms with E-state index in [1.807, 2.05) is 30.3 Å². The first kappa shape index (κ1) is 20.8. The summed E-state index contributed by atoms with van der Waals surface area (Å²) in [6, 6.07) is 27.4. The Morgan fingerprint density at radius 2 is 1.53 bits per heavy atom. The number of carbonyl (C=O) groups excluding carboxylic acids is 1. The minimum Gasteiger partial charge on any atom is -0.356 e. The average Bonchev–Trinajstić information content (AvgIpc) is 3.37. The third-order valence-corrected chi connectivity index (χ3v) is 7.28. The molecule has 1 aromatic heterocycles. The number of nitrogens with one attached hydrogen (secondary N) is 1. The van der Waals surface area contributed by atoms with E-state index >= 15 is 0 Å². The van der Waals surface area contributed by atoms with Gasteiger partial charge in [0.15, 0.2) is 0 Å². The second-order valence-electron chi connectivity index (χ2n) is 9.32. The molecule has 3 aromatic carbocycles. The second-order valence-corrected chi connectivity index (χ2v) is 9.32. The number of hydrogen-bond donors (Lipinski definition) is 1. The van der Waals surface area contributed by atoms with Crippen molar-refractivity contribution in [2.75, 3.05) is 6.54 Å². The monoisotopic (exact) mass is 449 g/mol. The van der Waals surface area contributed by atoms with E-state index < -0.39 is 0 Å². The molecule has 2 bridgehead atoms. The number of rotatable bonds is 7. The molecular formula is C29H27N3O2. The number of benzene rings is 3. The highest BCUT2D eigenvalue weighted by Crippen LogP contribution is 2.55. The van der Waals surface area contributed by atoms with Gasteiger partial charge in [-0.3, -0.25) is 4.79 Å². The zero-order valence-corrected chi connectivity index (χ0v) is 19.0. The largest absolute Gasteiger partial charge is 0.356 e. The number of aryl methyl sites for hydroxylation is 1. The van der Waals surface area contributed by atoms with Crippen LogP contribution in [0.1, 0.15) is 59.2 Å². The molecule has 3 aliphatic rings. The summed E-state index contributed by atoms with van der Waals surface area (Å²) in [5.74, 6) is 2.45. The molecular weight excluding hydrogens is 422 g/mol. The third kappa shape index (κ3) is 3.81. The molecule has 0 fully saturated rings.